The predicted molar refractivity (Wildman–Crippen MR) is 128 cm³/mol. The van der Waals surface area contributed by atoms with Crippen LogP contribution in [0.15, 0.2) is 41.4 Å². The zero-order valence-electron chi connectivity index (χ0n) is 19.4. The Morgan fingerprint density at radius 2 is 1.58 bits per heavy atom. The molecule has 1 aromatic heterocycles. The largest absolute Gasteiger partial charge is 0.347 e. The Labute approximate surface area is 186 Å². The van der Waals surface area contributed by atoms with Gasteiger partial charge in [-0.15, -0.1) is 0 Å². The molecule has 0 aliphatic carbocycles. The van der Waals surface area contributed by atoms with Gasteiger partial charge in [-0.25, -0.2) is 8.42 Å². The monoisotopic (exact) mass is 438 g/mol. The molecule has 0 atom stereocenters. The molecular weight excluding hydrogens is 404 g/mol. The van der Waals surface area contributed by atoms with Crippen molar-refractivity contribution >= 4 is 20.9 Å². The first-order valence-electron chi connectivity index (χ1n) is 11.4. The van der Waals surface area contributed by atoms with Gasteiger partial charge >= 0.3 is 0 Å². The van der Waals surface area contributed by atoms with Gasteiger partial charge < -0.3 is 4.57 Å². The van der Waals surface area contributed by atoms with Crippen molar-refractivity contribution in [3.63, 3.8) is 0 Å². The fourth-order valence-electron chi connectivity index (χ4n) is 5.13. The molecule has 0 unspecified atom stereocenters. The van der Waals surface area contributed by atoms with Gasteiger partial charge in [0, 0.05) is 36.7 Å². The highest BCUT2D eigenvalue weighted by molar-refractivity contribution is 7.89. The first-order valence-corrected chi connectivity index (χ1v) is 12.8. The van der Waals surface area contributed by atoms with Crippen molar-refractivity contribution < 1.29 is 8.42 Å². The molecule has 0 spiro atoms. The third-order valence-electron chi connectivity index (χ3n) is 7.07. The van der Waals surface area contributed by atoms with Crippen molar-refractivity contribution in [2.45, 2.75) is 71.2 Å². The summed E-state index contributed by atoms with van der Waals surface area (Å²) in [6.07, 6.45) is 5.13. The highest BCUT2D eigenvalue weighted by Crippen LogP contribution is 2.37. The van der Waals surface area contributed by atoms with Crippen LogP contribution in [0.3, 0.4) is 0 Å². The van der Waals surface area contributed by atoms with E-state index in [-0.39, 0.29) is 0 Å². The maximum Gasteiger partial charge on any atom is 0.243 e. The van der Waals surface area contributed by atoms with Crippen LogP contribution in [-0.4, -0.2) is 30.4 Å². The van der Waals surface area contributed by atoms with Gasteiger partial charge in [0.05, 0.1) is 4.90 Å². The lowest BCUT2D eigenvalue weighted by molar-refractivity contribution is 0.320. The lowest BCUT2D eigenvalue weighted by Gasteiger charge is -2.32. The third-order valence-corrected chi connectivity index (χ3v) is 9.25. The summed E-state index contributed by atoms with van der Waals surface area (Å²) in [5, 5.41) is 1.32. The van der Waals surface area contributed by atoms with Gasteiger partial charge in [0.25, 0.3) is 0 Å². The second-order valence-corrected chi connectivity index (χ2v) is 10.9. The molecule has 2 heterocycles. The van der Waals surface area contributed by atoms with E-state index in [0.717, 1.165) is 48.1 Å². The van der Waals surface area contributed by atoms with Gasteiger partial charge in [0.1, 0.15) is 0 Å². The quantitative estimate of drug-likeness (QED) is 0.501. The maximum atomic E-state index is 13.6. The fourth-order valence-corrected chi connectivity index (χ4v) is 7.18. The molecule has 0 N–H and O–H groups in total. The van der Waals surface area contributed by atoms with Crippen molar-refractivity contribution in [1.82, 2.24) is 8.87 Å². The summed E-state index contributed by atoms with van der Waals surface area (Å²) in [6, 6.07) is 10.7. The minimum absolute atomic E-state index is 0.399. The van der Waals surface area contributed by atoms with Crippen LogP contribution in [0.4, 0.5) is 0 Å². The minimum Gasteiger partial charge on any atom is -0.347 e. The molecule has 0 radical (unpaired) electrons. The minimum atomic E-state index is -3.49. The fraction of sp³-hybridized carbons (Fsp3) is 0.462. The number of nitrogens with zero attached hydrogens (tertiary/aromatic N) is 2. The molecule has 166 valence electrons. The van der Waals surface area contributed by atoms with Crippen molar-refractivity contribution in [3.8, 4) is 0 Å². The summed E-state index contributed by atoms with van der Waals surface area (Å²) < 4.78 is 31.3. The first kappa shape index (κ1) is 22.1. The standard InChI is InChI=1S/C26H34N2O2S/c1-6-13-27-17-24(23-9-7-8-10-25(23)27)22-11-14-28(15-12-22)31(29,30)26-20(4)18(2)16-19(3)21(26)5/h7-10,16-17,22H,6,11-15H2,1-5H3. The van der Waals surface area contributed by atoms with E-state index in [1.807, 2.05) is 27.7 Å². The van der Waals surface area contributed by atoms with Gasteiger partial charge in [-0.3, -0.25) is 0 Å². The van der Waals surface area contributed by atoms with Crippen LogP contribution in [0.1, 0.15) is 59.9 Å². The lowest BCUT2D eigenvalue weighted by atomic mass is 9.90. The Bertz CT molecular complexity index is 1190. The number of rotatable bonds is 5. The third kappa shape index (κ3) is 3.83. The number of benzene rings is 2. The average Bonchev–Trinajstić information content (AvgIpc) is 3.11. The Hall–Kier alpha value is -2.11. The van der Waals surface area contributed by atoms with Crippen molar-refractivity contribution in [3.05, 3.63) is 64.3 Å². The predicted octanol–water partition coefficient (Wildman–Crippen LogP) is 5.85. The van der Waals surface area contributed by atoms with Gasteiger partial charge in [-0.05, 0) is 86.8 Å². The van der Waals surface area contributed by atoms with Crippen LogP contribution in [0.5, 0.6) is 0 Å². The van der Waals surface area contributed by atoms with Crippen molar-refractivity contribution in [2.75, 3.05) is 13.1 Å². The summed E-state index contributed by atoms with van der Waals surface area (Å²) in [5.41, 5.74) is 6.51. The molecule has 3 aromatic rings. The van der Waals surface area contributed by atoms with Crippen LogP contribution < -0.4 is 0 Å². The number of aryl methyl sites for hydroxylation is 3. The topological polar surface area (TPSA) is 42.3 Å². The molecule has 0 saturated carbocycles. The second-order valence-electron chi connectivity index (χ2n) is 9.06. The Kier molecular flexibility index (Phi) is 6.01. The van der Waals surface area contributed by atoms with E-state index >= 15 is 0 Å². The Morgan fingerprint density at radius 3 is 2.19 bits per heavy atom. The molecular formula is C26H34N2O2S. The van der Waals surface area contributed by atoms with E-state index < -0.39 is 10.0 Å². The molecule has 0 bridgehead atoms. The average molecular weight is 439 g/mol. The highest BCUT2D eigenvalue weighted by atomic mass is 32.2. The van der Waals surface area contributed by atoms with E-state index in [9.17, 15) is 8.42 Å². The molecule has 0 amide bonds. The number of para-hydroxylation sites is 1. The van der Waals surface area contributed by atoms with Crippen LogP contribution in [0.2, 0.25) is 0 Å². The van der Waals surface area contributed by atoms with E-state index in [2.05, 4.69) is 48.0 Å². The van der Waals surface area contributed by atoms with E-state index in [1.165, 1.54) is 16.5 Å². The number of piperidine rings is 1. The van der Waals surface area contributed by atoms with E-state index in [4.69, 9.17) is 0 Å². The van der Waals surface area contributed by atoms with E-state index in [0.29, 0.717) is 23.9 Å². The second kappa shape index (κ2) is 8.44. The van der Waals surface area contributed by atoms with Crippen LogP contribution in [0.25, 0.3) is 10.9 Å². The molecule has 31 heavy (non-hydrogen) atoms. The molecule has 1 saturated heterocycles. The summed E-state index contributed by atoms with van der Waals surface area (Å²) >= 11 is 0. The smallest absolute Gasteiger partial charge is 0.243 e. The zero-order chi connectivity index (χ0) is 22.3. The zero-order valence-corrected chi connectivity index (χ0v) is 20.2. The molecule has 5 heteroatoms. The van der Waals surface area contributed by atoms with E-state index in [1.54, 1.807) is 4.31 Å². The van der Waals surface area contributed by atoms with Crippen LogP contribution >= 0.6 is 0 Å². The lowest BCUT2D eigenvalue weighted by Crippen LogP contribution is -2.38. The summed E-state index contributed by atoms with van der Waals surface area (Å²) in [6.45, 7) is 12.2. The molecule has 1 aliphatic heterocycles. The van der Waals surface area contributed by atoms with Crippen LogP contribution in [0, 0.1) is 27.7 Å². The van der Waals surface area contributed by atoms with Gasteiger partial charge in [0.15, 0.2) is 0 Å². The molecule has 4 nitrogen and oxygen atoms in total. The summed E-state index contributed by atoms with van der Waals surface area (Å²) in [5.74, 6) is 0.399. The van der Waals surface area contributed by atoms with Gasteiger partial charge in [-0.2, -0.15) is 4.31 Å². The Balaban J connectivity index is 1.61. The summed E-state index contributed by atoms with van der Waals surface area (Å²) in [7, 11) is -3.49. The molecule has 2 aromatic carbocycles. The number of sulfonamides is 1. The Morgan fingerprint density at radius 1 is 0.968 bits per heavy atom. The summed E-state index contributed by atoms with van der Waals surface area (Å²) in [4.78, 5) is 0.517. The van der Waals surface area contributed by atoms with Gasteiger partial charge in [0.2, 0.25) is 10.0 Å². The number of aromatic nitrogens is 1. The van der Waals surface area contributed by atoms with Gasteiger partial charge in [-0.1, -0.05) is 31.2 Å². The molecule has 1 aliphatic rings. The number of hydrogen-bond donors (Lipinski definition) is 0. The molecule has 4 rings (SSSR count). The molecule has 1 fully saturated rings. The van der Waals surface area contributed by atoms with Crippen LogP contribution in [-0.2, 0) is 16.6 Å². The SMILES string of the molecule is CCCn1cc(C2CCN(S(=O)(=O)c3c(C)c(C)cc(C)c3C)CC2)c2ccccc21. The highest BCUT2D eigenvalue weighted by Gasteiger charge is 2.33. The number of fused-ring (bicyclic) bond motifs is 1. The first-order chi connectivity index (χ1) is 14.8. The normalized spacial score (nSPS) is 16.3. The maximum absolute atomic E-state index is 13.6. The number of hydrogen-bond acceptors (Lipinski definition) is 2. The van der Waals surface area contributed by atoms with Crippen molar-refractivity contribution in [1.29, 1.82) is 0 Å². The van der Waals surface area contributed by atoms with Crippen molar-refractivity contribution in [2.24, 2.45) is 0 Å².